The molecular weight excluding hydrogens is 180 g/mol. The van der Waals surface area contributed by atoms with Crippen LogP contribution in [0.4, 0.5) is 0 Å². The van der Waals surface area contributed by atoms with Crippen LogP contribution in [0.1, 0.15) is 27.7 Å². The van der Waals surface area contributed by atoms with Crippen molar-refractivity contribution in [2.75, 3.05) is 0 Å². The number of carbonyl (C=O) groups is 2. The number of amides is 2. The molecule has 3 unspecified atom stereocenters. The highest BCUT2D eigenvalue weighted by atomic mass is 16.2. The van der Waals surface area contributed by atoms with Gasteiger partial charge in [0, 0.05) is 0 Å². The normalized spacial score (nSPS) is 30.4. The predicted molar refractivity (Wildman–Crippen MR) is 53.5 cm³/mol. The van der Waals surface area contributed by atoms with E-state index in [0.29, 0.717) is 5.92 Å². The Kier molecular flexibility index (Phi) is 3.26. The predicted octanol–water partition coefficient (Wildman–Crippen LogP) is 0.282. The van der Waals surface area contributed by atoms with E-state index in [1.165, 1.54) is 0 Å². The Morgan fingerprint density at radius 2 is 1.71 bits per heavy atom. The van der Waals surface area contributed by atoms with Gasteiger partial charge in [-0.3, -0.25) is 20.2 Å². The van der Waals surface area contributed by atoms with Gasteiger partial charge in [-0.15, -0.1) is 0 Å². The van der Waals surface area contributed by atoms with E-state index in [9.17, 15) is 9.59 Å². The molecule has 2 N–H and O–H groups in total. The fourth-order valence-electron chi connectivity index (χ4n) is 1.50. The molecule has 0 radical (unpaired) electrons. The first-order valence-corrected chi connectivity index (χ1v) is 5.04. The van der Waals surface area contributed by atoms with Gasteiger partial charge in [0.05, 0.1) is 12.1 Å². The van der Waals surface area contributed by atoms with Gasteiger partial charge in [0.2, 0.25) is 11.8 Å². The molecule has 1 saturated heterocycles. The first-order chi connectivity index (χ1) is 6.43. The van der Waals surface area contributed by atoms with E-state index in [4.69, 9.17) is 0 Å². The largest absolute Gasteiger partial charge is 0.295 e. The number of rotatable bonds is 2. The van der Waals surface area contributed by atoms with Gasteiger partial charge < -0.3 is 0 Å². The number of hydrogen-bond donors (Lipinski definition) is 2. The van der Waals surface area contributed by atoms with Gasteiger partial charge in [-0.05, 0) is 18.8 Å². The van der Waals surface area contributed by atoms with Gasteiger partial charge in [-0.1, -0.05) is 20.8 Å². The zero-order valence-corrected chi connectivity index (χ0v) is 9.13. The molecule has 14 heavy (non-hydrogen) atoms. The summed E-state index contributed by atoms with van der Waals surface area (Å²) >= 11 is 0. The Hall–Kier alpha value is -0.900. The van der Waals surface area contributed by atoms with E-state index in [2.05, 4.69) is 24.5 Å². The summed E-state index contributed by atoms with van der Waals surface area (Å²) in [6.07, 6.45) is 0. The fourth-order valence-corrected chi connectivity index (χ4v) is 1.50. The molecule has 4 nitrogen and oxygen atoms in total. The first kappa shape index (κ1) is 11.2. The van der Waals surface area contributed by atoms with E-state index in [-0.39, 0.29) is 29.8 Å². The van der Waals surface area contributed by atoms with Crippen molar-refractivity contribution in [3.8, 4) is 0 Å². The van der Waals surface area contributed by atoms with Crippen molar-refractivity contribution in [3.63, 3.8) is 0 Å². The highest BCUT2D eigenvalue weighted by Crippen LogP contribution is 2.16. The lowest BCUT2D eigenvalue weighted by atomic mass is 9.88. The third kappa shape index (κ3) is 2.12. The number of hydrogen-bond acceptors (Lipinski definition) is 3. The Labute approximate surface area is 84.4 Å². The molecule has 0 saturated carbocycles. The fraction of sp³-hybridized carbons (Fsp3) is 0.800. The molecule has 0 aliphatic carbocycles. The number of carbonyl (C=O) groups excluding carboxylic acids is 2. The maximum absolute atomic E-state index is 11.5. The Balaban J connectivity index is 2.70. The van der Waals surface area contributed by atoms with Gasteiger partial charge >= 0.3 is 0 Å². The van der Waals surface area contributed by atoms with Gasteiger partial charge in [0.15, 0.2) is 0 Å². The Morgan fingerprint density at radius 3 is 2.21 bits per heavy atom. The maximum atomic E-state index is 11.5. The van der Waals surface area contributed by atoms with Crippen molar-refractivity contribution in [3.05, 3.63) is 0 Å². The minimum absolute atomic E-state index is 0.200. The van der Waals surface area contributed by atoms with Gasteiger partial charge in [0.1, 0.15) is 0 Å². The SMILES string of the molecule is CC1NC(C(C)C(C)C)C(=O)NC1=O. The zero-order valence-electron chi connectivity index (χ0n) is 9.13. The lowest BCUT2D eigenvalue weighted by Gasteiger charge is -2.33. The van der Waals surface area contributed by atoms with E-state index in [1.54, 1.807) is 6.92 Å². The lowest BCUT2D eigenvalue weighted by molar-refractivity contribution is -0.137. The molecule has 0 aromatic carbocycles. The molecule has 3 atom stereocenters. The summed E-state index contributed by atoms with van der Waals surface area (Å²) in [6.45, 7) is 7.92. The second-order valence-corrected chi connectivity index (χ2v) is 4.32. The topological polar surface area (TPSA) is 58.2 Å². The van der Waals surface area contributed by atoms with Crippen LogP contribution >= 0.6 is 0 Å². The minimum Gasteiger partial charge on any atom is -0.295 e. The first-order valence-electron chi connectivity index (χ1n) is 5.04. The maximum Gasteiger partial charge on any atom is 0.244 e. The van der Waals surface area contributed by atoms with Crippen LogP contribution in [-0.4, -0.2) is 23.9 Å². The van der Waals surface area contributed by atoms with Crippen LogP contribution in [-0.2, 0) is 9.59 Å². The van der Waals surface area contributed by atoms with Crippen molar-refractivity contribution < 1.29 is 9.59 Å². The second kappa shape index (κ2) is 4.09. The minimum atomic E-state index is -0.279. The molecule has 1 heterocycles. The standard InChI is InChI=1S/C10H18N2O2/c1-5(2)6(3)8-10(14)12-9(13)7(4)11-8/h5-8,11H,1-4H3,(H,12,13,14). The van der Waals surface area contributed by atoms with Crippen LogP contribution in [0, 0.1) is 11.8 Å². The molecular formula is C10H18N2O2. The summed E-state index contributed by atoms with van der Waals surface area (Å²) in [7, 11) is 0. The van der Waals surface area contributed by atoms with E-state index < -0.39 is 0 Å². The molecule has 4 heteroatoms. The summed E-state index contributed by atoms with van der Waals surface area (Å²) in [5.41, 5.74) is 0. The van der Waals surface area contributed by atoms with Crippen molar-refractivity contribution >= 4 is 11.8 Å². The van der Waals surface area contributed by atoms with Crippen LogP contribution < -0.4 is 10.6 Å². The second-order valence-electron chi connectivity index (χ2n) is 4.32. The van der Waals surface area contributed by atoms with Crippen LogP contribution in [0.2, 0.25) is 0 Å². The summed E-state index contributed by atoms with van der Waals surface area (Å²) in [5.74, 6) is 0.209. The van der Waals surface area contributed by atoms with Crippen molar-refractivity contribution in [2.24, 2.45) is 11.8 Å². The highest BCUT2D eigenvalue weighted by Gasteiger charge is 2.35. The molecule has 1 rings (SSSR count). The van der Waals surface area contributed by atoms with E-state index in [1.807, 2.05) is 6.92 Å². The summed E-state index contributed by atoms with van der Waals surface area (Å²) in [4.78, 5) is 22.6. The molecule has 0 aromatic heterocycles. The molecule has 0 aromatic rings. The van der Waals surface area contributed by atoms with Crippen LogP contribution in [0.3, 0.4) is 0 Å². The molecule has 1 fully saturated rings. The van der Waals surface area contributed by atoms with E-state index >= 15 is 0 Å². The van der Waals surface area contributed by atoms with Crippen molar-refractivity contribution in [1.82, 2.24) is 10.6 Å². The van der Waals surface area contributed by atoms with Crippen molar-refractivity contribution in [1.29, 1.82) is 0 Å². The third-order valence-electron chi connectivity index (χ3n) is 2.93. The number of imide groups is 1. The van der Waals surface area contributed by atoms with E-state index in [0.717, 1.165) is 0 Å². The molecule has 2 amide bonds. The lowest BCUT2D eigenvalue weighted by Crippen LogP contribution is -2.63. The molecule has 1 aliphatic heterocycles. The quantitative estimate of drug-likeness (QED) is 0.627. The molecule has 1 aliphatic rings. The van der Waals surface area contributed by atoms with Crippen LogP contribution in [0.15, 0.2) is 0 Å². The summed E-state index contributed by atoms with van der Waals surface area (Å²) < 4.78 is 0. The Bertz CT molecular complexity index is 251. The van der Waals surface area contributed by atoms with Crippen molar-refractivity contribution in [2.45, 2.75) is 39.8 Å². The molecule has 0 bridgehead atoms. The summed E-state index contributed by atoms with van der Waals surface area (Å²) in [6, 6.07) is -0.526. The molecule has 80 valence electrons. The van der Waals surface area contributed by atoms with Crippen LogP contribution in [0.25, 0.3) is 0 Å². The third-order valence-corrected chi connectivity index (χ3v) is 2.93. The van der Waals surface area contributed by atoms with Crippen LogP contribution in [0.5, 0.6) is 0 Å². The summed E-state index contributed by atoms with van der Waals surface area (Å²) in [5, 5.41) is 5.41. The Morgan fingerprint density at radius 1 is 1.14 bits per heavy atom. The van der Waals surface area contributed by atoms with Gasteiger partial charge in [-0.25, -0.2) is 0 Å². The number of piperazine rings is 1. The monoisotopic (exact) mass is 198 g/mol. The zero-order chi connectivity index (χ0) is 10.9. The van der Waals surface area contributed by atoms with Gasteiger partial charge in [-0.2, -0.15) is 0 Å². The smallest absolute Gasteiger partial charge is 0.244 e. The highest BCUT2D eigenvalue weighted by molar-refractivity contribution is 6.02. The molecule has 0 spiro atoms. The average Bonchev–Trinajstić information content (AvgIpc) is 2.10. The van der Waals surface area contributed by atoms with Gasteiger partial charge in [0.25, 0.3) is 0 Å². The number of nitrogens with one attached hydrogen (secondary N) is 2. The average molecular weight is 198 g/mol.